The molecule has 2 aromatic carbocycles. The van der Waals surface area contributed by atoms with Gasteiger partial charge in [-0.3, -0.25) is 0 Å². The lowest BCUT2D eigenvalue weighted by atomic mass is 10.1. The summed E-state index contributed by atoms with van der Waals surface area (Å²) in [6.45, 7) is 0. The van der Waals surface area contributed by atoms with E-state index in [1.165, 1.54) is 12.1 Å². The molecule has 1 aliphatic carbocycles. The van der Waals surface area contributed by atoms with Crippen LogP contribution in [0, 0.1) is 11.3 Å². The Morgan fingerprint density at radius 2 is 1.82 bits per heavy atom. The maximum absolute atomic E-state index is 12.6. The zero-order valence-corrected chi connectivity index (χ0v) is 14.0. The molecular weight excluding hydrogens is 364 g/mol. The Morgan fingerprint density at radius 1 is 1.14 bits per heavy atom. The minimum absolute atomic E-state index is 0.120. The number of nitriles is 1. The first kappa shape index (κ1) is 15.2. The number of hydrogen-bond acceptors (Lipinski definition) is 3. The van der Waals surface area contributed by atoms with Crippen molar-refractivity contribution in [2.75, 3.05) is 0 Å². The van der Waals surface area contributed by atoms with E-state index >= 15 is 0 Å². The lowest BCUT2D eigenvalue weighted by Crippen LogP contribution is -2.34. The van der Waals surface area contributed by atoms with Gasteiger partial charge in [-0.2, -0.15) is 5.26 Å². The molecule has 22 heavy (non-hydrogen) atoms. The van der Waals surface area contributed by atoms with Gasteiger partial charge in [-0.15, -0.1) is 0 Å². The summed E-state index contributed by atoms with van der Waals surface area (Å²) in [5.41, 5.74) is 0.759. The maximum Gasteiger partial charge on any atom is 0.241 e. The zero-order valence-electron chi connectivity index (χ0n) is 11.6. The Kier molecular flexibility index (Phi) is 3.81. The standard InChI is InChI=1S/C16H13BrN2O2S/c17-14-6-4-13(5-7-14)16(8-9-16)19-22(20,21)15-3-1-2-12(10-15)11-18/h1-7,10,19H,8-9H2. The van der Waals surface area contributed by atoms with E-state index in [4.69, 9.17) is 5.26 Å². The molecule has 0 unspecified atom stereocenters. The molecule has 0 spiro atoms. The predicted octanol–water partition coefficient (Wildman–Crippen LogP) is 3.29. The zero-order chi connectivity index (χ0) is 15.8. The summed E-state index contributed by atoms with van der Waals surface area (Å²) in [6, 6.07) is 15.7. The normalized spacial score (nSPS) is 16.0. The summed E-state index contributed by atoms with van der Waals surface area (Å²) in [5, 5.41) is 8.91. The smallest absolute Gasteiger partial charge is 0.207 e. The van der Waals surface area contributed by atoms with Crippen LogP contribution in [0.4, 0.5) is 0 Å². The Hall–Kier alpha value is -1.68. The molecule has 1 N–H and O–H groups in total. The molecule has 112 valence electrons. The second-order valence-electron chi connectivity index (χ2n) is 5.33. The van der Waals surface area contributed by atoms with Crippen LogP contribution in [0.2, 0.25) is 0 Å². The van der Waals surface area contributed by atoms with Crippen LogP contribution >= 0.6 is 15.9 Å². The third-order valence-corrected chi connectivity index (χ3v) is 5.81. The van der Waals surface area contributed by atoms with Gasteiger partial charge in [0.05, 0.1) is 22.1 Å². The van der Waals surface area contributed by atoms with Crippen molar-refractivity contribution in [2.45, 2.75) is 23.3 Å². The minimum Gasteiger partial charge on any atom is -0.207 e. The highest BCUT2D eigenvalue weighted by Gasteiger charge is 2.47. The predicted molar refractivity (Wildman–Crippen MR) is 86.5 cm³/mol. The summed E-state index contributed by atoms with van der Waals surface area (Å²) in [4.78, 5) is 0.120. The van der Waals surface area contributed by atoms with Crippen LogP contribution in [0.5, 0.6) is 0 Å². The largest absolute Gasteiger partial charge is 0.241 e. The van der Waals surface area contributed by atoms with Crippen molar-refractivity contribution in [3.05, 3.63) is 64.1 Å². The van der Waals surface area contributed by atoms with Crippen LogP contribution in [-0.4, -0.2) is 8.42 Å². The van der Waals surface area contributed by atoms with E-state index in [0.29, 0.717) is 5.56 Å². The molecular formula is C16H13BrN2O2S. The van der Waals surface area contributed by atoms with Gasteiger partial charge in [-0.05, 0) is 48.7 Å². The summed E-state index contributed by atoms with van der Waals surface area (Å²) >= 11 is 3.38. The Morgan fingerprint density at radius 3 is 2.41 bits per heavy atom. The Bertz CT molecular complexity index is 850. The molecule has 0 radical (unpaired) electrons. The van der Waals surface area contributed by atoms with Crippen molar-refractivity contribution in [3.63, 3.8) is 0 Å². The van der Waals surface area contributed by atoms with E-state index in [-0.39, 0.29) is 4.90 Å². The van der Waals surface area contributed by atoms with Crippen LogP contribution in [0.3, 0.4) is 0 Å². The fourth-order valence-corrected chi connectivity index (χ4v) is 4.15. The third-order valence-electron chi connectivity index (χ3n) is 3.75. The van der Waals surface area contributed by atoms with Crippen LogP contribution in [0.15, 0.2) is 57.9 Å². The SMILES string of the molecule is N#Cc1cccc(S(=O)(=O)NC2(c3ccc(Br)cc3)CC2)c1. The van der Waals surface area contributed by atoms with Crippen molar-refractivity contribution in [1.82, 2.24) is 4.72 Å². The van der Waals surface area contributed by atoms with E-state index in [1.807, 2.05) is 30.3 Å². The molecule has 1 saturated carbocycles. The number of halogens is 1. The Labute approximate surface area is 138 Å². The summed E-state index contributed by atoms with van der Waals surface area (Å²) in [6.07, 6.45) is 1.54. The van der Waals surface area contributed by atoms with E-state index in [9.17, 15) is 8.42 Å². The fourth-order valence-electron chi connectivity index (χ4n) is 2.39. The highest BCUT2D eigenvalue weighted by molar-refractivity contribution is 9.10. The monoisotopic (exact) mass is 376 g/mol. The van der Waals surface area contributed by atoms with Crippen LogP contribution in [-0.2, 0) is 15.6 Å². The molecule has 1 aliphatic rings. The average molecular weight is 377 g/mol. The van der Waals surface area contributed by atoms with E-state index in [1.54, 1.807) is 12.1 Å². The van der Waals surface area contributed by atoms with E-state index < -0.39 is 15.6 Å². The number of sulfonamides is 1. The summed E-state index contributed by atoms with van der Waals surface area (Å²) in [5.74, 6) is 0. The van der Waals surface area contributed by atoms with Crippen molar-refractivity contribution >= 4 is 26.0 Å². The number of hydrogen-bond donors (Lipinski definition) is 1. The second-order valence-corrected chi connectivity index (χ2v) is 7.93. The summed E-state index contributed by atoms with van der Waals surface area (Å²) in [7, 11) is -3.66. The lowest BCUT2D eigenvalue weighted by molar-refractivity contribution is 0.551. The molecule has 0 heterocycles. The first-order valence-corrected chi connectivity index (χ1v) is 9.03. The minimum atomic E-state index is -3.66. The second kappa shape index (κ2) is 5.51. The van der Waals surface area contributed by atoms with Gasteiger partial charge in [0.25, 0.3) is 0 Å². The molecule has 6 heteroatoms. The number of benzene rings is 2. The van der Waals surface area contributed by atoms with Crippen molar-refractivity contribution in [3.8, 4) is 6.07 Å². The first-order chi connectivity index (χ1) is 10.5. The molecule has 0 aliphatic heterocycles. The first-order valence-electron chi connectivity index (χ1n) is 6.75. The molecule has 2 aromatic rings. The van der Waals surface area contributed by atoms with Gasteiger partial charge in [0.1, 0.15) is 0 Å². The van der Waals surface area contributed by atoms with Gasteiger partial charge in [0.15, 0.2) is 0 Å². The highest BCUT2D eigenvalue weighted by atomic mass is 79.9. The molecule has 4 nitrogen and oxygen atoms in total. The van der Waals surface area contributed by atoms with Gasteiger partial charge in [0.2, 0.25) is 10.0 Å². The van der Waals surface area contributed by atoms with Crippen LogP contribution in [0.1, 0.15) is 24.0 Å². The summed E-state index contributed by atoms with van der Waals surface area (Å²) < 4.78 is 28.9. The number of nitrogens with one attached hydrogen (secondary N) is 1. The van der Waals surface area contributed by atoms with Crippen LogP contribution < -0.4 is 4.72 Å². The van der Waals surface area contributed by atoms with Gasteiger partial charge >= 0.3 is 0 Å². The quantitative estimate of drug-likeness (QED) is 0.889. The van der Waals surface area contributed by atoms with Gasteiger partial charge in [0, 0.05) is 4.47 Å². The number of nitrogens with zero attached hydrogens (tertiary/aromatic N) is 1. The average Bonchev–Trinajstić information content (AvgIpc) is 3.28. The fraction of sp³-hybridized carbons (Fsp3) is 0.188. The van der Waals surface area contributed by atoms with Crippen molar-refractivity contribution < 1.29 is 8.42 Å². The van der Waals surface area contributed by atoms with Gasteiger partial charge < -0.3 is 0 Å². The topological polar surface area (TPSA) is 70.0 Å². The van der Waals surface area contributed by atoms with Gasteiger partial charge in [-0.1, -0.05) is 34.1 Å². The molecule has 0 aromatic heterocycles. The van der Waals surface area contributed by atoms with Crippen LogP contribution in [0.25, 0.3) is 0 Å². The molecule has 0 amide bonds. The lowest BCUT2D eigenvalue weighted by Gasteiger charge is -2.18. The van der Waals surface area contributed by atoms with E-state index in [0.717, 1.165) is 22.9 Å². The molecule has 0 saturated heterocycles. The number of rotatable bonds is 4. The third kappa shape index (κ3) is 2.93. The maximum atomic E-state index is 12.6. The molecule has 1 fully saturated rings. The molecule has 0 atom stereocenters. The Balaban J connectivity index is 1.91. The van der Waals surface area contributed by atoms with Crippen molar-refractivity contribution in [2.24, 2.45) is 0 Å². The van der Waals surface area contributed by atoms with E-state index in [2.05, 4.69) is 20.7 Å². The molecule has 3 rings (SSSR count). The molecule has 0 bridgehead atoms. The van der Waals surface area contributed by atoms with Crippen molar-refractivity contribution in [1.29, 1.82) is 5.26 Å². The highest BCUT2D eigenvalue weighted by Crippen LogP contribution is 2.46. The van der Waals surface area contributed by atoms with Gasteiger partial charge in [-0.25, -0.2) is 13.1 Å².